The second-order valence-electron chi connectivity index (χ2n) is 4.19. The Balaban J connectivity index is 2.25. The molecule has 19 heavy (non-hydrogen) atoms. The van der Waals surface area contributed by atoms with Crippen LogP contribution in [0.4, 0.5) is 8.78 Å². The second-order valence-corrected chi connectivity index (χ2v) is 4.59. The Labute approximate surface area is 115 Å². The van der Waals surface area contributed by atoms with Crippen molar-refractivity contribution in [1.82, 2.24) is 10.3 Å². The van der Waals surface area contributed by atoms with Crippen LogP contribution in [-0.4, -0.2) is 12.0 Å². The molecule has 1 unspecified atom stereocenters. The molecule has 1 N–H and O–H groups in total. The van der Waals surface area contributed by atoms with E-state index in [1.807, 2.05) is 6.07 Å². The van der Waals surface area contributed by atoms with Crippen molar-refractivity contribution >= 4 is 11.6 Å². The van der Waals surface area contributed by atoms with Gasteiger partial charge in [-0.2, -0.15) is 0 Å². The zero-order valence-electron chi connectivity index (χ0n) is 10.3. The average molecular weight is 283 g/mol. The number of hydrogen-bond donors (Lipinski definition) is 1. The fraction of sp³-hybridized carbons (Fsp3) is 0.214. The van der Waals surface area contributed by atoms with Crippen LogP contribution in [0.15, 0.2) is 36.7 Å². The van der Waals surface area contributed by atoms with E-state index in [4.69, 9.17) is 11.6 Å². The van der Waals surface area contributed by atoms with Crippen molar-refractivity contribution in [3.05, 3.63) is 64.4 Å². The van der Waals surface area contributed by atoms with E-state index in [-0.39, 0.29) is 6.04 Å². The maximum absolute atomic E-state index is 13.3. The number of aromatic nitrogens is 1. The van der Waals surface area contributed by atoms with Crippen molar-refractivity contribution in [1.29, 1.82) is 0 Å². The summed E-state index contributed by atoms with van der Waals surface area (Å²) in [5, 5.41) is 3.63. The van der Waals surface area contributed by atoms with Crippen molar-refractivity contribution in [2.24, 2.45) is 0 Å². The van der Waals surface area contributed by atoms with E-state index in [1.54, 1.807) is 25.5 Å². The summed E-state index contributed by atoms with van der Waals surface area (Å²) in [4.78, 5) is 3.91. The number of rotatable bonds is 4. The van der Waals surface area contributed by atoms with Crippen LogP contribution in [0.1, 0.15) is 17.2 Å². The van der Waals surface area contributed by atoms with Crippen molar-refractivity contribution in [3.63, 3.8) is 0 Å². The first-order valence-corrected chi connectivity index (χ1v) is 6.20. The Morgan fingerprint density at radius 2 is 2.05 bits per heavy atom. The highest BCUT2D eigenvalue weighted by atomic mass is 35.5. The number of hydrogen-bond acceptors (Lipinski definition) is 2. The van der Waals surface area contributed by atoms with E-state index in [1.165, 1.54) is 6.07 Å². The summed E-state index contributed by atoms with van der Waals surface area (Å²) in [7, 11) is 1.76. The molecule has 0 amide bonds. The fourth-order valence-electron chi connectivity index (χ4n) is 1.91. The van der Waals surface area contributed by atoms with Crippen LogP contribution >= 0.6 is 11.6 Å². The molecule has 0 spiro atoms. The highest BCUT2D eigenvalue weighted by Crippen LogP contribution is 2.23. The van der Waals surface area contributed by atoms with E-state index >= 15 is 0 Å². The summed E-state index contributed by atoms with van der Waals surface area (Å²) in [5.41, 5.74) is 1.58. The zero-order chi connectivity index (χ0) is 13.8. The minimum absolute atomic E-state index is 0.144. The van der Waals surface area contributed by atoms with Gasteiger partial charge >= 0.3 is 0 Å². The van der Waals surface area contributed by atoms with Crippen LogP contribution in [0.5, 0.6) is 0 Å². The number of nitrogens with zero attached hydrogens (tertiary/aromatic N) is 1. The summed E-state index contributed by atoms with van der Waals surface area (Å²) in [6.07, 6.45) is 3.79. The van der Waals surface area contributed by atoms with E-state index in [0.29, 0.717) is 17.0 Å². The zero-order valence-corrected chi connectivity index (χ0v) is 11.1. The molecule has 2 rings (SSSR count). The van der Waals surface area contributed by atoms with Crippen molar-refractivity contribution in [2.45, 2.75) is 12.5 Å². The summed E-state index contributed by atoms with van der Waals surface area (Å²) >= 11 is 6.04. The highest BCUT2D eigenvalue weighted by Gasteiger charge is 2.14. The first kappa shape index (κ1) is 13.9. The summed E-state index contributed by atoms with van der Waals surface area (Å²) in [6, 6.07) is 5.56. The lowest BCUT2D eigenvalue weighted by Crippen LogP contribution is -2.19. The van der Waals surface area contributed by atoms with E-state index < -0.39 is 11.6 Å². The molecule has 0 aliphatic rings. The van der Waals surface area contributed by atoms with Crippen LogP contribution in [0, 0.1) is 11.6 Å². The van der Waals surface area contributed by atoms with Gasteiger partial charge in [-0.3, -0.25) is 4.98 Å². The van der Waals surface area contributed by atoms with Gasteiger partial charge in [-0.25, -0.2) is 8.78 Å². The third-order valence-corrected chi connectivity index (χ3v) is 3.32. The fourth-order valence-corrected chi connectivity index (χ4v) is 2.10. The van der Waals surface area contributed by atoms with Gasteiger partial charge in [0.1, 0.15) is 0 Å². The number of halogens is 3. The Kier molecular flexibility index (Phi) is 4.45. The number of nitrogens with one attached hydrogen (secondary N) is 1. The third-order valence-electron chi connectivity index (χ3n) is 2.97. The second kappa shape index (κ2) is 6.08. The Morgan fingerprint density at radius 3 is 2.68 bits per heavy atom. The first-order chi connectivity index (χ1) is 9.11. The Hall–Kier alpha value is -1.52. The van der Waals surface area contributed by atoms with Crippen LogP contribution in [0.25, 0.3) is 0 Å². The molecule has 2 aromatic rings. The highest BCUT2D eigenvalue weighted by molar-refractivity contribution is 6.31. The minimum atomic E-state index is -0.849. The third kappa shape index (κ3) is 3.28. The van der Waals surface area contributed by atoms with Gasteiger partial charge in [-0.1, -0.05) is 17.7 Å². The quantitative estimate of drug-likeness (QED) is 0.928. The van der Waals surface area contributed by atoms with Crippen LogP contribution in [0.3, 0.4) is 0 Å². The molecule has 2 nitrogen and oxygen atoms in total. The standard InChI is InChI=1S/C14H13ClF2N2/c1-18-14(7-9-4-5-19-8-11(9)15)10-2-3-12(16)13(17)6-10/h2-6,8,14,18H,7H2,1H3. The molecule has 1 atom stereocenters. The molecule has 0 radical (unpaired) electrons. The van der Waals surface area contributed by atoms with Gasteiger partial charge in [-0.15, -0.1) is 0 Å². The largest absolute Gasteiger partial charge is 0.313 e. The molecular formula is C14H13ClF2N2. The van der Waals surface area contributed by atoms with Gasteiger partial charge in [0.05, 0.1) is 5.02 Å². The molecular weight excluding hydrogens is 270 g/mol. The van der Waals surface area contributed by atoms with Gasteiger partial charge < -0.3 is 5.32 Å². The van der Waals surface area contributed by atoms with Gasteiger partial charge in [0, 0.05) is 18.4 Å². The molecule has 0 aliphatic heterocycles. The summed E-state index contributed by atoms with van der Waals surface area (Å²) < 4.78 is 26.2. The lowest BCUT2D eigenvalue weighted by atomic mass is 9.99. The summed E-state index contributed by atoms with van der Waals surface area (Å²) in [5.74, 6) is -1.70. The summed E-state index contributed by atoms with van der Waals surface area (Å²) in [6.45, 7) is 0. The maximum Gasteiger partial charge on any atom is 0.159 e. The lowest BCUT2D eigenvalue weighted by Gasteiger charge is -2.17. The molecule has 0 saturated heterocycles. The molecule has 0 fully saturated rings. The van der Waals surface area contributed by atoms with Crippen molar-refractivity contribution in [3.8, 4) is 0 Å². The Bertz CT molecular complexity index is 575. The SMILES string of the molecule is CNC(Cc1ccncc1Cl)c1ccc(F)c(F)c1. The predicted molar refractivity (Wildman–Crippen MR) is 71.1 cm³/mol. The molecule has 100 valence electrons. The molecule has 0 bridgehead atoms. The van der Waals surface area contributed by atoms with E-state index in [2.05, 4.69) is 10.3 Å². The number of benzene rings is 1. The number of pyridine rings is 1. The minimum Gasteiger partial charge on any atom is -0.313 e. The lowest BCUT2D eigenvalue weighted by molar-refractivity contribution is 0.501. The van der Waals surface area contributed by atoms with E-state index in [0.717, 1.165) is 11.6 Å². The van der Waals surface area contributed by atoms with Gasteiger partial charge in [0.15, 0.2) is 11.6 Å². The molecule has 1 aromatic heterocycles. The maximum atomic E-state index is 13.3. The van der Waals surface area contributed by atoms with E-state index in [9.17, 15) is 8.78 Å². The molecule has 5 heteroatoms. The molecule has 1 heterocycles. The monoisotopic (exact) mass is 282 g/mol. The van der Waals surface area contributed by atoms with Crippen molar-refractivity contribution in [2.75, 3.05) is 7.05 Å². The van der Waals surface area contributed by atoms with Crippen molar-refractivity contribution < 1.29 is 8.78 Å². The van der Waals surface area contributed by atoms with Gasteiger partial charge in [0.2, 0.25) is 0 Å². The number of likely N-dealkylation sites (N-methyl/N-ethyl adjacent to an activating group) is 1. The first-order valence-electron chi connectivity index (χ1n) is 5.82. The average Bonchev–Trinajstić information content (AvgIpc) is 2.41. The predicted octanol–water partition coefficient (Wildman–Crippen LogP) is 3.52. The molecule has 0 aliphatic carbocycles. The van der Waals surface area contributed by atoms with Crippen LogP contribution in [0.2, 0.25) is 5.02 Å². The normalized spacial score (nSPS) is 12.4. The molecule has 0 saturated carbocycles. The smallest absolute Gasteiger partial charge is 0.159 e. The Morgan fingerprint density at radius 1 is 1.26 bits per heavy atom. The van der Waals surface area contributed by atoms with Crippen LogP contribution in [-0.2, 0) is 6.42 Å². The topological polar surface area (TPSA) is 24.9 Å². The van der Waals surface area contributed by atoms with Crippen LogP contribution < -0.4 is 5.32 Å². The molecule has 1 aromatic carbocycles. The van der Waals surface area contributed by atoms with Gasteiger partial charge in [0.25, 0.3) is 0 Å². The van der Waals surface area contributed by atoms with Gasteiger partial charge in [-0.05, 0) is 42.8 Å².